The number of rotatable bonds is 7. The van der Waals surface area contributed by atoms with Crippen LogP contribution in [0.2, 0.25) is 0 Å². The first-order valence-electron chi connectivity index (χ1n) is 10.2. The molecule has 0 bridgehead atoms. The third-order valence-electron chi connectivity index (χ3n) is 5.33. The summed E-state index contributed by atoms with van der Waals surface area (Å²) in [4.78, 5) is 27.7. The Kier molecular flexibility index (Phi) is 6.51. The quantitative estimate of drug-likeness (QED) is 0.651. The molecule has 1 fully saturated rings. The third-order valence-corrected chi connectivity index (χ3v) is 5.33. The van der Waals surface area contributed by atoms with Crippen LogP contribution in [0.3, 0.4) is 0 Å². The van der Waals surface area contributed by atoms with Crippen LogP contribution in [-0.2, 0) is 14.3 Å². The molecular weight excluding hydrogens is 402 g/mol. The van der Waals surface area contributed by atoms with Crippen LogP contribution in [0.25, 0.3) is 11.3 Å². The second kappa shape index (κ2) is 9.65. The second-order valence-electron chi connectivity index (χ2n) is 7.33. The molecule has 2 aliphatic heterocycles. The number of anilines is 1. The molecule has 2 N–H and O–H groups in total. The van der Waals surface area contributed by atoms with Gasteiger partial charge in [0.25, 0.3) is 0 Å². The summed E-state index contributed by atoms with van der Waals surface area (Å²) < 4.78 is 22.7. The Morgan fingerprint density at radius 3 is 2.87 bits per heavy atom. The second-order valence-corrected chi connectivity index (χ2v) is 7.33. The monoisotopic (exact) mass is 427 g/mol. The van der Waals surface area contributed by atoms with Gasteiger partial charge >= 0.3 is 0 Å². The van der Waals surface area contributed by atoms with Gasteiger partial charge in [0, 0.05) is 24.7 Å². The van der Waals surface area contributed by atoms with E-state index in [1.54, 1.807) is 12.1 Å². The maximum absolute atomic E-state index is 12.4. The van der Waals surface area contributed by atoms with Gasteiger partial charge < -0.3 is 29.6 Å². The van der Waals surface area contributed by atoms with Crippen LogP contribution in [0.5, 0.6) is 17.4 Å². The first-order valence-corrected chi connectivity index (χ1v) is 10.2. The Bertz CT molecular complexity index is 945. The van der Waals surface area contributed by atoms with E-state index in [0.29, 0.717) is 61.5 Å². The highest BCUT2D eigenvalue weighted by Gasteiger charge is 2.27. The summed E-state index contributed by atoms with van der Waals surface area (Å²) in [6.07, 6.45) is 1.72. The van der Waals surface area contributed by atoms with Crippen LogP contribution < -0.4 is 24.8 Å². The van der Waals surface area contributed by atoms with E-state index >= 15 is 0 Å². The average molecular weight is 427 g/mol. The highest BCUT2D eigenvalue weighted by molar-refractivity contribution is 5.79. The van der Waals surface area contributed by atoms with Gasteiger partial charge in [-0.2, -0.15) is 0 Å². The van der Waals surface area contributed by atoms with Crippen molar-refractivity contribution in [2.75, 3.05) is 38.8 Å². The predicted molar refractivity (Wildman–Crippen MR) is 112 cm³/mol. The summed E-state index contributed by atoms with van der Waals surface area (Å²) in [7, 11) is 1.49. The molecule has 2 aliphatic rings. The molecule has 31 heavy (non-hydrogen) atoms. The van der Waals surface area contributed by atoms with E-state index in [2.05, 4.69) is 15.6 Å². The zero-order chi connectivity index (χ0) is 21.6. The lowest BCUT2D eigenvalue weighted by Crippen LogP contribution is -2.43. The molecule has 164 valence electrons. The van der Waals surface area contributed by atoms with Crippen LogP contribution in [-0.4, -0.2) is 56.9 Å². The van der Waals surface area contributed by atoms with Crippen molar-refractivity contribution in [1.29, 1.82) is 0 Å². The number of amides is 2. The molecule has 2 aromatic rings. The molecule has 1 aromatic heterocycles. The predicted octanol–water partition coefficient (Wildman–Crippen LogP) is 2.01. The number of carbonyl (C=O) groups excluding carboxylic acids is 2. The summed E-state index contributed by atoms with van der Waals surface area (Å²) >= 11 is 0. The normalized spacial score (nSPS) is 18.2. The number of nitrogens with one attached hydrogen (secondary N) is 2. The third kappa shape index (κ3) is 4.72. The Morgan fingerprint density at radius 2 is 2.10 bits per heavy atom. The molecular formula is C22H25N3O6. The minimum atomic E-state index is -0.324. The van der Waals surface area contributed by atoms with Crippen LogP contribution >= 0.6 is 0 Å². The summed E-state index contributed by atoms with van der Waals surface area (Å²) in [6, 6.07) is 9.04. The van der Waals surface area contributed by atoms with Crippen molar-refractivity contribution in [1.82, 2.24) is 10.3 Å². The number of ether oxygens (including phenoxy) is 4. The van der Waals surface area contributed by atoms with Gasteiger partial charge in [-0.25, -0.2) is 4.98 Å². The van der Waals surface area contributed by atoms with E-state index in [-0.39, 0.29) is 17.9 Å². The van der Waals surface area contributed by atoms with Gasteiger partial charge in [0.1, 0.15) is 18.4 Å². The van der Waals surface area contributed by atoms with Gasteiger partial charge in [-0.1, -0.05) is 6.07 Å². The van der Waals surface area contributed by atoms with Gasteiger partial charge in [0.05, 0.1) is 19.3 Å². The van der Waals surface area contributed by atoms with Gasteiger partial charge in [0.2, 0.25) is 18.2 Å². The zero-order valence-corrected chi connectivity index (χ0v) is 17.3. The van der Waals surface area contributed by atoms with E-state index in [1.165, 1.54) is 7.11 Å². The fourth-order valence-corrected chi connectivity index (χ4v) is 3.67. The SMILES string of the molecule is COc1nc(-c2cccc3c2OC(CNC(=O)C2CCOCC2)CO3)ccc1NC=O. The number of hydrogen-bond donors (Lipinski definition) is 2. The topological polar surface area (TPSA) is 108 Å². The number of hydrogen-bond acceptors (Lipinski definition) is 7. The maximum atomic E-state index is 12.4. The number of benzene rings is 1. The van der Waals surface area contributed by atoms with Crippen molar-refractivity contribution in [2.24, 2.45) is 5.92 Å². The summed E-state index contributed by atoms with van der Waals surface area (Å²) in [5.74, 6) is 1.47. The number of nitrogens with zero attached hydrogens (tertiary/aromatic N) is 1. The number of para-hydroxylation sites is 1. The molecule has 1 aromatic carbocycles. The summed E-state index contributed by atoms with van der Waals surface area (Å²) in [5.41, 5.74) is 1.81. The molecule has 3 heterocycles. The van der Waals surface area contributed by atoms with E-state index < -0.39 is 0 Å². The minimum Gasteiger partial charge on any atom is -0.486 e. The number of pyridine rings is 1. The Labute approximate surface area is 180 Å². The van der Waals surface area contributed by atoms with Crippen molar-refractivity contribution in [3.8, 4) is 28.6 Å². The van der Waals surface area contributed by atoms with E-state index in [1.807, 2.05) is 18.2 Å². The number of carbonyl (C=O) groups is 2. The van der Waals surface area contributed by atoms with Crippen molar-refractivity contribution < 1.29 is 28.5 Å². The van der Waals surface area contributed by atoms with Crippen molar-refractivity contribution in [3.63, 3.8) is 0 Å². The standard InChI is InChI=1S/C22H25N3O6/c1-28-22-18(24-13-26)6-5-17(25-22)16-3-2-4-19-20(16)31-15(12-30-19)11-23-21(27)14-7-9-29-10-8-14/h2-6,13-15H,7-12H2,1H3,(H,23,27)(H,24,26). The van der Waals surface area contributed by atoms with E-state index in [9.17, 15) is 9.59 Å². The molecule has 4 rings (SSSR count). The smallest absolute Gasteiger partial charge is 0.238 e. The van der Waals surface area contributed by atoms with Crippen molar-refractivity contribution in [2.45, 2.75) is 18.9 Å². The Hall–Kier alpha value is -3.33. The molecule has 2 amide bonds. The number of methoxy groups -OCH3 is 1. The van der Waals surface area contributed by atoms with Gasteiger partial charge in [-0.05, 0) is 37.1 Å². The fraction of sp³-hybridized carbons (Fsp3) is 0.409. The lowest BCUT2D eigenvalue weighted by atomic mass is 9.99. The van der Waals surface area contributed by atoms with Crippen LogP contribution in [0.1, 0.15) is 12.8 Å². The van der Waals surface area contributed by atoms with Gasteiger partial charge in [-0.15, -0.1) is 0 Å². The summed E-state index contributed by atoms with van der Waals surface area (Å²) in [5, 5.41) is 5.53. The van der Waals surface area contributed by atoms with E-state index in [0.717, 1.165) is 18.4 Å². The van der Waals surface area contributed by atoms with E-state index in [4.69, 9.17) is 18.9 Å². The van der Waals surface area contributed by atoms with Gasteiger partial charge in [0.15, 0.2) is 11.5 Å². The zero-order valence-electron chi connectivity index (χ0n) is 17.3. The summed E-state index contributed by atoms with van der Waals surface area (Å²) in [6.45, 7) is 1.93. The number of aromatic nitrogens is 1. The van der Waals surface area contributed by atoms with Crippen LogP contribution in [0.15, 0.2) is 30.3 Å². The molecule has 0 radical (unpaired) electrons. The molecule has 0 spiro atoms. The first kappa shape index (κ1) is 20.9. The Balaban J connectivity index is 1.49. The van der Waals surface area contributed by atoms with Crippen molar-refractivity contribution in [3.05, 3.63) is 30.3 Å². The molecule has 1 unspecified atom stereocenters. The molecule has 9 nitrogen and oxygen atoms in total. The largest absolute Gasteiger partial charge is 0.486 e. The first-order chi connectivity index (χ1) is 15.2. The van der Waals surface area contributed by atoms with Crippen LogP contribution in [0, 0.1) is 5.92 Å². The molecule has 0 aliphatic carbocycles. The average Bonchev–Trinajstić information content (AvgIpc) is 2.83. The van der Waals surface area contributed by atoms with Crippen LogP contribution in [0.4, 0.5) is 5.69 Å². The highest BCUT2D eigenvalue weighted by Crippen LogP contribution is 2.41. The molecule has 1 atom stereocenters. The molecule has 9 heteroatoms. The lowest BCUT2D eigenvalue weighted by Gasteiger charge is -2.29. The maximum Gasteiger partial charge on any atom is 0.238 e. The van der Waals surface area contributed by atoms with Gasteiger partial charge in [-0.3, -0.25) is 9.59 Å². The minimum absolute atomic E-state index is 0.0174. The Morgan fingerprint density at radius 1 is 1.26 bits per heavy atom. The highest BCUT2D eigenvalue weighted by atomic mass is 16.6. The number of fused-ring (bicyclic) bond motifs is 1. The lowest BCUT2D eigenvalue weighted by molar-refractivity contribution is -0.128. The van der Waals surface area contributed by atoms with Crippen molar-refractivity contribution >= 4 is 18.0 Å². The molecule has 1 saturated heterocycles. The fourth-order valence-electron chi connectivity index (χ4n) is 3.67. The molecule has 0 saturated carbocycles.